The van der Waals surface area contributed by atoms with Gasteiger partial charge in [0, 0.05) is 24.2 Å². The zero-order valence-electron chi connectivity index (χ0n) is 12.8. The van der Waals surface area contributed by atoms with Crippen LogP contribution in [-0.2, 0) is 11.2 Å². The molecular weight excluding hydrogens is 284 g/mol. The number of amides is 1. The van der Waals surface area contributed by atoms with E-state index in [0.29, 0.717) is 24.2 Å². The predicted molar refractivity (Wildman–Crippen MR) is 80.1 cm³/mol. The Morgan fingerprint density at radius 3 is 2.82 bits per heavy atom. The number of hydrogen-bond donors (Lipinski definition) is 3. The topological polar surface area (TPSA) is 91.4 Å². The Kier molecular flexibility index (Phi) is 4.31. The molecule has 1 aliphatic carbocycles. The van der Waals surface area contributed by atoms with Gasteiger partial charge in [0.25, 0.3) is 5.91 Å². The number of ketones is 1. The lowest BCUT2D eigenvalue weighted by atomic mass is 9.94. The summed E-state index contributed by atoms with van der Waals surface area (Å²) in [5.74, 6) is -0.0743. The molecule has 120 valence electrons. The van der Waals surface area contributed by atoms with Gasteiger partial charge < -0.3 is 20.1 Å². The fourth-order valence-electron chi connectivity index (χ4n) is 3.36. The zero-order valence-corrected chi connectivity index (χ0v) is 12.8. The Morgan fingerprint density at radius 1 is 1.36 bits per heavy atom. The summed E-state index contributed by atoms with van der Waals surface area (Å²) < 4.78 is 5.60. The van der Waals surface area contributed by atoms with Crippen molar-refractivity contribution in [3.63, 3.8) is 0 Å². The highest BCUT2D eigenvalue weighted by atomic mass is 16.5. The van der Waals surface area contributed by atoms with Gasteiger partial charge in [0.05, 0.1) is 18.8 Å². The van der Waals surface area contributed by atoms with E-state index < -0.39 is 0 Å². The maximum Gasteiger partial charge on any atom is 0.268 e. The molecule has 1 aromatic heterocycles. The van der Waals surface area contributed by atoms with Gasteiger partial charge in [-0.05, 0) is 38.2 Å². The molecule has 0 aromatic carbocycles. The zero-order chi connectivity index (χ0) is 15.7. The quantitative estimate of drug-likeness (QED) is 0.777. The van der Waals surface area contributed by atoms with Crippen LogP contribution in [0.15, 0.2) is 0 Å². The third-order valence-electron chi connectivity index (χ3n) is 4.55. The number of aliphatic hydroxyl groups is 1. The van der Waals surface area contributed by atoms with Crippen LogP contribution in [-0.4, -0.2) is 47.1 Å². The number of aliphatic hydroxyl groups excluding tert-OH is 1. The van der Waals surface area contributed by atoms with Crippen LogP contribution >= 0.6 is 0 Å². The van der Waals surface area contributed by atoms with Crippen molar-refractivity contribution in [2.75, 3.05) is 13.2 Å². The van der Waals surface area contributed by atoms with Crippen LogP contribution in [0.2, 0.25) is 0 Å². The first-order valence-electron chi connectivity index (χ1n) is 7.89. The van der Waals surface area contributed by atoms with Gasteiger partial charge in [0.2, 0.25) is 0 Å². The van der Waals surface area contributed by atoms with Crippen molar-refractivity contribution in [1.82, 2.24) is 10.3 Å². The van der Waals surface area contributed by atoms with Gasteiger partial charge in [0.15, 0.2) is 5.78 Å². The summed E-state index contributed by atoms with van der Waals surface area (Å²) in [5, 5.41) is 11.9. The van der Waals surface area contributed by atoms with Crippen molar-refractivity contribution in [2.24, 2.45) is 0 Å². The summed E-state index contributed by atoms with van der Waals surface area (Å²) in [6.45, 7) is 2.27. The van der Waals surface area contributed by atoms with Gasteiger partial charge >= 0.3 is 0 Å². The van der Waals surface area contributed by atoms with Crippen molar-refractivity contribution >= 4 is 11.7 Å². The molecule has 1 aliphatic heterocycles. The number of nitrogens with one attached hydrogen (secondary N) is 2. The minimum atomic E-state index is -0.198. The van der Waals surface area contributed by atoms with E-state index in [1.165, 1.54) is 0 Å². The second kappa shape index (κ2) is 6.22. The maximum absolute atomic E-state index is 12.3. The van der Waals surface area contributed by atoms with E-state index in [1.54, 1.807) is 0 Å². The van der Waals surface area contributed by atoms with Crippen LogP contribution in [0.4, 0.5) is 0 Å². The third kappa shape index (κ3) is 2.80. The number of carbonyl (C=O) groups is 2. The monoisotopic (exact) mass is 306 g/mol. The molecule has 0 saturated carbocycles. The lowest BCUT2D eigenvalue weighted by molar-refractivity contribution is 0.0124. The normalized spacial score (nSPS) is 24.4. The molecule has 0 spiro atoms. The van der Waals surface area contributed by atoms with Gasteiger partial charge in [-0.25, -0.2) is 0 Å². The van der Waals surface area contributed by atoms with E-state index in [2.05, 4.69) is 10.3 Å². The van der Waals surface area contributed by atoms with Crippen LogP contribution < -0.4 is 5.32 Å². The largest absolute Gasteiger partial charge is 0.394 e. The summed E-state index contributed by atoms with van der Waals surface area (Å²) in [5.41, 5.74) is 2.82. The Balaban J connectivity index is 1.65. The van der Waals surface area contributed by atoms with Crippen molar-refractivity contribution in [2.45, 2.75) is 51.2 Å². The lowest BCUT2D eigenvalue weighted by Crippen LogP contribution is -2.33. The van der Waals surface area contributed by atoms with Gasteiger partial charge in [-0.2, -0.15) is 0 Å². The number of carbonyl (C=O) groups excluding carboxylic acids is 2. The molecule has 6 heteroatoms. The standard InChI is InChI=1S/C16H22N2O4/c1-9-14-12(3-2-4-13(14)20)18-15(9)16(21)17-7-10-5-6-11(8-19)22-10/h10-11,18-19H,2-8H2,1H3,(H,17,21)/t10-,11+/m1/s1. The molecule has 1 aromatic rings. The molecule has 3 N–H and O–H groups in total. The fourth-order valence-corrected chi connectivity index (χ4v) is 3.36. The average molecular weight is 306 g/mol. The number of hydrogen-bond acceptors (Lipinski definition) is 4. The molecular formula is C16H22N2O4. The van der Waals surface area contributed by atoms with Gasteiger partial charge in [0.1, 0.15) is 5.69 Å². The van der Waals surface area contributed by atoms with Crippen molar-refractivity contribution in [1.29, 1.82) is 0 Å². The molecule has 2 heterocycles. The molecule has 2 atom stereocenters. The van der Waals surface area contributed by atoms with E-state index in [1.807, 2.05) is 6.92 Å². The predicted octanol–water partition coefficient (Wildman–Crippen LogP) is 1.11. The number of Topliss-reactive ketones (excluding diaryl/α,β-unsaturated/α-hetero) is 1. The smallest absolute Gasteiger partial charge is 0.268 e. The Bertz CT molecular complexity index is 593. The molecule has 1 amide bonds. The molecule has 6 nitrogen and oxygen atoms in total. The summed E-state index contributed by atoms with van der Waals surface area (Å²) >= 11 is 0. The highest BCUT2D eigenvalue weighted by molar-refractivity contribution is 6.04. The maximum atomic E-state index is 12.3. The molecule has 0 radical (unpaired) electrons. The van der Waals surface area contributed by atoms with E-state index >= 15 is 0 Å². The van der Waals surface area contributed by atoms with Crippen molar-refractivity contribution in [3.8, 4) is 0 Å². The number of ether oxygens (including phenoxy) is 1. The summed E-state index contributed by atoms with van der Waals surface area (Å²) in [7, 11) is 0. The van der Waals surface area contributed by atoms with Crippen LogP contribution in [0.3, 0.4) is 0 Å². The highest BCUT2D eigenvalue weighted by Crippen LogP contribution is 2.26. The number of rotatable bonds is 4. The summed E-state index contributed by atoms with van der Waals surface area (Å²) in [6, 6.07) is 0. The second-order valence-corrected chi connectivity index (χ2v) is 6.11. The SMILES string of the molecule is Cc1c(C(=O)NC[C@H]2CC[C@@H](CO)O2)[nH]c2c1C(=O)CCC2. The first-order chi connectivity index (χ1) is 10.6. The number of H-pyrrole nitrogens is 1. The first-order valence-corrected chi connectivity index (χ1v) is 7.89. The number of aromatic nitrogens is 1. The molecule has 1 saturated heterocycles. The minimum absolute atomic E-state index is 0.0228. The third-order valence-corrected chi connectivity index (χ3v) is 4.55. The lowest BCUT2D eigenvalue weighted by Gasteiger charge is -2.13. The van der Waals surface area contributed by atoms with Crippen molar-refractivity contribution in [3.05, 3.63) is 22.5 Å². The first kappa shape index (κ1) is 15.2. The number of aryl methyl sites for hydroxylation is 1. The fraction of sp³-hybridized carbons (Fsp3) is 0.625. The Hall–Kier alpha value is -1.66. The Morgan fingerprint density at radius 2 is 2.14 bits per heavy atom. The van der Waals surface area contributed by atoms with Crippen LogP contribution in [0.5, 0.6) is 0 Å². The highest BCUT2D eigenvalue weighted by Gasteiger charge is 2.28. The van der Waals surface area contributed by atoms with Crippen LogP contribution in [0.25, 0.3) is 0 Å². The molecule has 22 heavy (non-hydrogen) atoms. The van der Waals surface area contributed by atoms with Crippen molar-refractivity contribution < 1.29 is 19.4 Å². The van der Waals surface area contributed by atoms with E-state index in [-0.39, 0.29) is 30.5 Å². The van der Waals surface area contributed by atoms with Gasteiger partial charge in [-0.3, -0.25) is 9.59 Å². The molecule has 0 unspecified atom stereocenters. The van der Waals surface area contributed by atoms with E-state index in [9.17, 15) is 9.59 Å². The van der Waals surface area contributed by atoms with Crippen LogP contribution in [0.1, 0.15) is 57.8 Å². The molecule has 1 fully saturated rings. The number of fused-ring (bicyclic) bond motifs is 1. The summed E-state index contributed by atoms with van der Waals surface area (Å²) in [4.78, 5) is 27.4. The van der Waals surface area contributed by atoms with Gasteiger partial charge in [-0.1, -0.05) is 0 Å². The van der Waals surface area contributed by atoms with E-state index in [0.717, 1.165) is 36.9 Å². The van der Waals surface area contributed by atoms with Gasteiger partial charge in [-0.15, -0.1) is 0 Å². The average Bonchev–Trinajstić information content (AvgIpc) is 3.10. The number of aromatic amines is 1. The second-order valence-electron chi connectivity index (χ2n) is 6.11. The molecule has 0 bridgehead atoms. The minimum Gasteiger partial charge on any atom is -0.394 e. The van der Waals surface area contributed by atoms with Crippen LogP contribution in [0, 0.1) is 6.92 Å². The van der Waals surface area contributed by atoms with E-state index in [4.69, 9.17) is 9.84 Å². The molecule has 3 rings (SSSR count). The Labute approximate surface area is 129 Å². The molecule has 2 aliphatic rings. The summed E-state index contributed by atoms with van der Waals surface area (Å²) in [6.07, 6.45) is 3.72.